The topological polar surface area (TPSA) is 44.7 Å². The van der Waals surface area contributed by atoms with Crippen LogP contribution in [0.4, 0.5) is 5.69 Å². The Labute approximate surface area is 151 Å². The Morgan fingerprint density at radius 3 is 2.50 bits per heavy atom. The third kappa shape index (κ3) is 4.43. The fourth-order valence-electron chi connectivity index (χ4n) is 2.33. The van der Waals surface area contributed by atoms with Crippen molar-refractivity contribution in [3.63, 3.8) is 0 Å². The molecule has 1 fully saturated rings. The number of rotatable bonds is 4. The molecule has 1 saturated heterocycles. The second-order valence-corrected chi connectivity index (χ2v) is 6.70. The predicted octanol–water partition coefficient (Wildman–Crippen LogP) is 3.67. The number of nitrogens with one attached hydrogen (secondary N) is 1. The maximum absolute atomic E-state index is 12.4. The van der Waals surface area contributed by atoms with Gasteiger partial charge >= 0.3 is 0 Å². The lowest BCUT2D eigenvalue weighted by Gasteiger charge is -2.17. The van der Waals surface area contributed by atoms with Gasteiger partial charge in [0.1, 0.15) is 0 Å². The number of hydrogen-bond acceptors (Lipinski definition) is 3. The summed E-state index contributed by atoms with van der Waals surface area (Å²) < 4.78 is 0. The van der Waals surface area contributed by atoms with E-state index >= 15 is 0 Å². The molecule has 0 saturated carbocycles. The molecule has 2 aromatic carbocycles. The summed E-state index contributed by atoms with van der Waals surface area (Å²) in [5, 5.41) is 4.30. The van der Waals surface area contributed by atoms with Crippen LogP contribution in [0.5, 0.6) is 0 Å². The molecule has 2 aromatic rings. The SMILES string of the molecule is O=C(CN1CCS/C1=N/C(=S)Nc1ccccc1)c1ccccc1. The molecule has 4 nitrogen and oxygen atoms in total. The van der Waals surface area contributed by atoms with Crippen LogP contribution < -0.4 is 5.32 Å². The first kappa shape index (κ1) is 16.7. The van der Waals surface area contributed by atoms with E-state index in [2.05, 4.69) is 10.3 Å². The van der Waals surface area contributed by atoms with Crippen LogP contribution in [-0.2, 0) is 0 Å². The van der Waals surface area contributed by atoms with Crippen molar-refractivity contribution in [1.82, 2.24) is 4.90 Å². The first-order valence-electron chi connectivity index (χ1n) is 7.63. The van der Waals surface area contributed by atoms with Crippen LogP contribution >= 0.6 is 24.0 Å². The molecule has 1 aliphatic rings. The van der Waals surface area contributed by atoms with Crippen LogP contribution in [0.25, 0.3) is 0 Å². The summed E-state index contributed by atoms with van der Waals surface area (Å²) in [7, 11) is 0. The number of Topliss-reactive ketones (excluding diaryl/α,β-unsaturated/α-hetero) is 1. The van der Waals surface area contributed by atoms with Crippen LogP contribution in [0.2, 0.25) is 0 Å². The number of nitrogens with zero attached hydrogens (tertiary/aromatic N) is 2. The van der Waals surface area contributed by atoms with Gasteiger partial charge in [0.25, 0.3) is 0 Å². The van der Waals surface area contributed by atoms with E-state index in [1.54, 1.807) is 11.8 Å². The molecule has 3 rings (SSSR count). The lowest BCUT2D eigenvalue weighted by Crippen LogP contribution is -2.31. The normalized spacial score (nSPS) is 15.5. The largest absolute Gasteiger partial charge is 0.343 e. The van der Waals surface area contributed by atoms with Crippen LogP contribution in [0, 0.1) is 0 Å². The number of thiocarbonyl (C=S) groups is 1. The van der Waals surface area contributed by atoms with E-state index in [0.29, 0.717) is 11.7 Å². The van der Waals surface area contributed by atoms with Crippen molar-refractivity contribution in [2.45, 2.75) is 0 Å². The minimum atomic E-state index is 0.0905. The van der Waals surface area contributed by atoms with Gasteiger partial charge in [-0.15, -0.1) is 0 Å². The van der Waals surface area contributed by atoms with E-state index < -0.39 is 0 Å². The van der Waals surface area contributed by atoms with Gasteiger partial charge in [0.15, 0.2) is 16.1 Å². The zero-order valence-corrected chi connectivity index (χ0v) is 14.6. The highest BCUT2D eigenvalue weighted by Gasteiger charge is 2.22. The highest BCUT2D eigenvalue weighted by molar-refractivity contribution is 8.14. The van der Waals surface area contributed by atoms with Gasteiger partial charge in [0.05, 0.1) is 6.54 Å². The standard InChI is InChI=1S/C18H17N3OS2/c22-16(14-7-3-1-4-8-14)13-21-11-12-24-18(21)20-17(23)19-15-9-5-2-6-10-15/h1-10H,11-13H2,(H,19,23)/b20-18+. The number of thioether (sulfide) groups is 1. The molecule has 0 spiro atoms. The average molecular weight is 355 g/mol. The Hall–Kier alpha value is -2.18. The van der Waals surface area contributed by atoms with Gasteiger partial charge in [-0.3, -0.25) is 4.79 Å². The van der Waals surface area contributed by atoms with Gasteiger partial charge in [0, 0.05) is 23.5 Å². The molecule has 6 heteroatoms. The molecule has 0 aliphatic carbocycles. The number of hydrogen-bond donors (Lipinski definition) is 1. The van der Waals surface area contributed by atoms with Crippen molar-refractivity contribution in [3.05, 3.63) is 66.2 Å². The lowest BCUT2D eigenvalue weighted by molar-refractivity contribution is 0.0967. The lowest BCUT2D eigenvalue weighted by atomic mass is 10.1. The van der Waals surface area contributed by atoms with Gasteiger partial charge in [-0.2, -0.15) is 4.99 Å². The van der Waals surface area contributed by atoms with Crippen LogP contribution in [0.15, 0.2) is 65.7 Å². The third-order valence-corrected chi connectivity index (χ3v) is 4.70. The van der Waals surface area contributed by atoms with Crippen molar-refractivity contribution in [2.75, 3.05) is 24.2 Å². The van der Waals surface area contributed by atoms with Crippen LogP contribution in [-0.4, -0.2) is 39.8 Å². The van der Waals surface area contributed by atoms with E-state index in [9.17, 15) is 4.79 Å². The third-order valence-electron chi connectivity index (χ3n) is 3.52. The van der Waals surface area contributed by atoms with Crippen LogP contribution in [0.1, 0.15) is 10.4 Å². The fourth-order valence-corrected chi connectivity index (χ4v) is 3.58. The number of ketones is 1. The Morgan fingerprint density at radius 1 is 1.12 bits per heavy atom. The number of carbonyl (C=O) groups excluding carboxylic acids is 1. The molecule has 0 bridgehead atoms. The molecule has 0 radical (unpaired) electrons. The van der Waals surface area contributed by atoms with Crippen molar-refractivity contribution < 1.29 is 4.79 Å². The van der Waals surface area contributed by atoms with E-state index in [4.69, 9.17) is 12.2 Å². The van der Waals surface area contributed by atoms with Gasteiger partial charge in [-0.1, -0.05) is 60.3 Å². The summed E-state index contributed by atoms with van der Waals surface area (Å²) in [6.45, 7) is 1.12. The van der Waals surface area contributed by atoms with Crippen molar-refractivity contribution in [2.24, 2.45) is 4.99 Å². The molecule has 0 unspecified atom stereocenters. The zero-order valence-electron chi connectivity index (χ0n) is 13.0. The minimum Gasteiger partial charge on any atom is -0.343 e. The predicted molar refractivity (Wildman–Crippen MR) is 105 cm³/mol. The first-order valence-corrected chi connectivity index (χ1v) is 9.02. The number of anilines is 1. The summed E-state index contributed by atoms with van der Waals surface area (Å²) in [6, 6.07) is 19.0. The molecule has 24 heavy (non-hydrogen) atoms. The average Bonchev–Trinajstić information content (AvgIpc) is 3.03. The highest BCUT2D eigenvalue weighted by atomic mass is 32.2. The van der Waals surface area contributed by atoms with Gasteiger partial charge < -0.3 is 10.2 Å². The van der Waals surface area contributed by atoms with E-state index in [-0.39, 0.29) is 5.78 Å². The van der Waals surface area contributed by atoms with Crippen molar-refractivity contribution in [1.29, 1.82) is 0 Å². The fraction of sp³-hybridized carbons (Fsp3) is 0.167. The second kappa shape index (κ2) is 8.08. The summed E-state index contributed by atoms with van der Waals surface area (Å²) in [5.74, 6) is 1.00. The van der Waals surface area contributed by atoms with Gasteiger partial charge in [0.2, 0.25) is 0 Å². The summed E-state index contributed by atoms with van der Waals surface area (Å²) >= 11 is 6.93. The second-order valence-electron chi connectivity index (χ2n) is 5.25. The quantitative estimate of drug-likeness (QED) is 0.670. The van der Waals surface area contributed by atoms with Crippen LogP contribution in [0.3, 0.4) is 0 Å². The maximum atomic E-state index is 12.4. The molecule has 1 N–H and O–H groups in total. The van der Waals surface area contributed by atoms with Gasteiger partial charge in [-0.05, 0) is 24.4 Å². The Kier molecular flexibility index (Phi) is 5.61. The molecule has 1 heterocycles. The molecule has 1 aliphatic heterocycles. The molecule has 122 valence electrons. The minimum absolute atomic E-state index is 0.0905. The number of aliphatic imine (C=N–C) groups is 1. The number of para-hydroxylation sites is 1. The zero-order chi connectivity index (χ0) is 16.8. The number of carbonyl (C=O) groups is 1. The molecular formula is C18H17N3OS2. The summed E-state index contributed by atoms with van der Waals surface area (Å²) in [6.07, 6.45) is 0. The Balaban J connectivity index is 1.64. The Morgan fingerprint density at radius 2 is 1.79 bits per heavy atom. The summed E-state index contributed by atoms with van der Waals surface area (Å²) in [4.78, 5) is 18.8. The van der Waals surface area contributed by atoms with Crippen molar-refractivity contribution in [3.8, 4) is 0 Å². The number of benzene rings is 2. The molecule has 0 atom stereocenters. The highest BCUT2D eigenvalue weighted by Crippen LogP contribution is 2.19. The molecular weight excluding hydrogens is 338 g/mol. The van der Waals surface area contributed by atoms with E-state index in [0.717, 1.165) is 28.7 Å². The van der Waals surface area contributed by atoms with Gasteiger partial charge in [-0.25, -0.2) is 0 Å². The molecule has 0 amide bonds. The van der Waals surface area contributed by atoms with E-state index in [1.807, 2.05) is 65.6 Å². The monoisotopic (exact) mass is 355 g/mol. The van der Waals surface area contributed by atoms with E-state index in [1.165, 1.54) is 0 Å². The smallest absolute Gasteiger partial charge is 0.199 e. The Bertz CT molecular complexity index is 747. The molecule has 0 aromatic heterocycles. The first-order chi connectivity index (χ1) is 11.7. The van der Waals surface area contributed by atoms with Crippen molar-refractivity contribution >= 4 is 45.7 Å². The maximum Gasteiger partial charge on any atom is 0.199 e. The number of amidine groups is 1. The summed E-state index contributed by atoms with van der Waals surface area (Å²) in [5.41, 5.74) is 1.63.